The number of aromatic nitrogens is 1. The van der Waals surface area contributed by atoms with Crippen LogP contribution in [0.3, 0.4) is 0 Å². The maximum absolute atomic E-state index is 13.7. The minimum atomic E-state index is -1.13. The highest BCUT2D eigenvalue weighted by atomic mass is 35.5. The Kier molecular flexibility index (Phi) is 3.37. The lowest BCUT2D eigenvalue weighted by atomic mass is 10.2. The quantitative estimate of drug-likeness (QED) is 0.762. The van der Waals surface area contributed by atoms with E-state index in [4.69, 9.17) is 17.3 Å². The van der Waals surface area contributed by atoms with Crippen LogP contribution in [0.15, 0.2) is 12.1 Å². The zero-order valence-electron chi connectivity index (χ0n) is 11.2. The second-order valence-electron chi connectivity index (χ2n) is 5.46. The van der Waals surface area contributed by atoms with Crippen LogP contribution in [-0.2, 0) is 0 Å². The predicted molar refractivity (Wildman–Crippen MR) is 76.2 cm³/mol. The Balaban J connectivity index is 1.87. The molecule has 1 aromatic carbocycles. The van der Waals surface area contributed by atoms with Crippen LogP contribution in [0.2, 0.25) is 5.02 Å². The lowest BCUT2D eigenvalue weighted by Gasteiger charge is -2.12. The summed E-state index contributed by atoms with van der Waals surface area (Å²) in [4.78, 5) is 14.7. The molecule has 1 fully saturated rings. The number of carbonyl (C=O) groups excluding carboxylic acids is 1. The Morgan fingerprint density at radius 1 is 1.48 bits per heavy atom. The SMILES string of the molecule is CC(NC(=O)c1cc2cc(Cl)c(F)c(F)c2[nH]1)C1CC1N. The van der Waals surface area contributed by atoms with Gasteiger partial charge in [-0.2, -0.15) is 0 Å². The molecule has 2 aromatic rings. The van der Waals surface area contributed by atoms with Gasteiger partial charge in [-0.05, 0) is 31.4 Å². The summed E-state index contributed by atoms with van der Waals surface area (Å²) in [5.41, 5.74) is 5.82. The number of nitrogens with one attached hydrogen (secondary N) is 2. The molecule has 1 aliphatic carbocycles. The topological polar surface area (TPSA) is 70.9 Å². The summed E-state index contributed by atoms with van der Waals surface area (Å²) in [7, 11) is 0. The number of nitrogens with two attached hydrogens (primary N) is 1. The fourth-order valence-corrected chi connectivity index (χ4v) is 2.71. The fourth-order valence-electron chi connectivity index (χ4n) is 2.50. The van der Waals surface area contributed by atoms with Crippen molar-refractivity contribution < 1.29 is 13.6 Å². The Morgan fingerprint density at radius 3 is 2.76 bits per heavy atom. The van der Waals surface area contributed by atoms with Crippen molar-refractivity contribution in [2.75, 3.05) is 0 Å². The highest BCUT2D eigenvalue weighted by molar-refractivity contribution is 6.31. The largest absolute Gasteiger partial charge is 0.348 e. The van der Waals surface area contributed by atoms with Crippen molar-refractivity contribution in [3.8, 4) is 0 Å². The van der Waals surface area contributed by atoms with Crippen molar-refractivity contribution in [2.45, 2.75) is 25.4 Å². The van der Waals surface area contributed by atoms with E-state index in [0.717, 1.165) is 6.42 Å². The molecule has 3 unspecified atom stereocenters. The average molecular weight is 314 g/mol. The normalized spacial score (nSPS) is 22.3. The van der Waals surface area contributed by atoms with E-state index in [9.17, 15) is 13.6 Å². The van der Waals surface area contributed by atoms with Gasteiger partial charge in [0.15, 0.2) is 11.6 Å². The van der Waals surface area contributed by atoms with Gasteiger partial charge in [-0.15, -0.1) is 0 Å². The summed E-state index contributed by atoms with van der Waals surface area (Å²) in [6, 6.07) is 2.78. The highest BCUT2D eigenvalue weighted by Crippen LogP contribution is 2.31. The highest BCUT2D eigenvalue weighted by Gasteiger charge is 2.38. The molecule has 4 N–H and O–H groups in total. The van der Waals surface area contributed by atoms with Crippen LogP contribution in [-0.4, -0.2) is 23.0 Å². The van der Waals surface area contributed by atoms with E-state index < -0.39 is 11.6 Å². The number of rotatable bonds is 3. The number of hydrogen-bond acceptors (Lipinski definition) is 2. The van der Waals surface area contributed by atoms with Crippen molar-refractivity contribution in [1.82, 2.24) is 10.3 Å². The number of carbonyl (C=O) groups is 1. The second-order valence-corrected chi connectivity index (χ2v) is 5.87. The van der Waals surface area contributed by atoms with Gasteiger partial charge >= 0.3 is 0 Å². The first kappa shape index (κ1) is 14.3. The lowest BCUT2D eigenvalue weighted by Crippen LogP contribution is -2.35. The molecule has 1 saturated carbocycles. The molecule has 0 spiro atoms. The summed E-state index contributed by atoms with van der Waals surface area (Å²) >= 11 is 5.59. The van der Waals surface area contributed by atoms with Gasteiger partial charge in [0.25, 0.3) is 5.91 Å². The molecule has 4 nitrogen and oxygen atoms in total. The second kappa shape index (κ2) is 4.96. The summed E-state index contributed by atoms with van der Waals surface area (Å²) in [6.45, 7) is 1.87. The monoisotopic (exact) mass is 313 g/mol. The first-order chi connectivity index (χ1) is 9.88. The van der Waals surface area contributed by atoms with Gasteiger partial charge in [0.05, 0.1) is 10.5 Å². The van der Waals surface area contributed by atoms with E-state index >= 15 is 0 Å². The van der Waals surface area contributed by atoms with Crippen LogP contribution in [0.1, 0.15) is 23.8 Å². The molecule has 3 rings (SSSR count). The van der Waals surface area contributed by atoms with Crippen molar-refractivity contribution in [3.05, 3.63) is 34.5 Å². The van der Waals surface area contributed by atoms with E-state index in [1.807, 2.05) is 6.92 Å². The zero-order valence-corrected chi connectivity index (χ0v) is 12.0. The maximum Gasteiger partial charge on any atom is 0.267 e. The summed E-state index contributed by atoms with van der Waals surface area (Å²) in [5.74, 6) is -2.33. The van der Waals surface area contributed by atoms with Crippen molar-refractivity contribution in [1.29, 1.82) is 0 Å². The molecule has 21 heavy (non-hydrogen) atoms. The van der Waals surface area contributed by atoms with Crippen molar-refractivity contribution in [3.63, 3.8) is 0 Å². The number of aromatic amines is 1. The molecular weight excluding hydrogens is 300 g/mol. The minimum Gasteiger partial charge on any atom is -0.348 e. The number of H-pyrrole nitrogens is 1. The zero-order chi connectivity index (χ0) is 15.3. The first-order valence-electron chi connectivity index (χ1n) is 6.61. The minimum absolute atomic E-state index is 0.0657. The van der Waals surface area contributed by atoms with E-state index in [1.54, 1.807) is 0 Å². The molecule has 0 bridgehead atoms. The van der Waals surface area contributed by atoms with Crippen molar-refractivity contribution >= 4 is 28.4 Å². The smallest absolute Gasteiger partial charge is 0.267 e. The van der Waals surface area contributed by atoms with Crippen LogP contribution in [0.25, 0.3) is 10.9 Å². The number of fused-ring (bicyclic) bond motifs is 1. The number of hydrogen-bond donors (Lipinski definition) is 3. The predicted octanol–water partition coefficient (Wildman–Crippen LogP) is 2.57. The maximum atomic E-state index is 13.7. The van der Waals surface area contributed by atoms with Gasteiger partial charge in [-0.25, -0.2) is 8.78 Å². The molecule has 1 heterocycles. The number of benzene rings is 1. The first-order valence-corrected chi connectivity index (χ1v) is 6.99. The average Bonchev–Trinajstić information content (AvgIpc) is 3.01. The van der Waals surface area contributed by atoms with E-state index in [0.29, 0.717) is 5.39 Å². The third-order valence-electron chi connectivity index (χ3n) is 3.89. The molecule has 0 radical (unpaired) electrons. The Labute approximate surface area is 124 Å². The Morgan fingerprint density at radius 2 is 2.14 bits per heavy atom. The van der Waals surface area contributed by atoms with Crippen LogP contribution < -0.4 is 11.1 Å². The van der Waals surface area contributed by atoms with Crippen molar-refractivity contribution in [2.24, 2.45) is 11.7 Å². The molecule has 1 amide bonds. The molecule has 3 atom stereocenters. The lowest BCUT2D eigenvalue weighted by molar-refractivity contribution is 0.0931. The summed E-state index contributed by atoms with van der Waals surface area (Å²) in [6.07, 6.45) is 0.879. The standard InChI is InChI=1S/C14H14ClF2N3O/c1-5(7-4-9(7)18)19-14(21)10-3-6-2-8(15)11(16)12(17)13(6)20-10/h2-3,5,7,9,20H,4,18H2,1H3,(H,19,21). The van der Waals surface area contributed by atoms with E-state index in [1.165, 1.54) is 12.1 Å². The molecule has 0 aliphatic heterocycles. The van der Waals surface area contributed by atoms with Crippen LogP contribution in [0.5, 0.6) is 0 Å². The molecule has 0 saturated heterocycles. The third kappa shape index (κ3) is 2.49. The Hall–Kier alpha value is -1.66. The molecule has 1 aliphatic rings. The van der Waals surface area contributed by atoms with Gasteiger partial charge in [0.1, 0.15) is 5.69 Å². The summed E-state index contributed by atoms with van der Waals surface area (Å²) in [5, 5.41) is 2.83. The Bertz CT molecular complexity index is 731. The number of halogens is 3. The number of amides is 1. The van der Waals surface area contributed by atoms with Gasteiger partial charge in [0, 0.05) is 17.5 Å². The van der Waals surface area contributed by atoms with Gasteiger partial charge in [0.2, 0.25) is 0 Å². The van der Waals surface area contributed by atoms with Gasteiger partial charge in [-0.1, -0.05) is 11.6 Å². The molecular formula is C14H14ClF2N3O. The molecule has 7 heteroatoms. The van der Waals surface area contributed by atoms with Crippen LogP contribution >= 0.6 is 11.6 Å². The molecule has 1 aromatic heterocycles. The summed E-state index contributed by atoms with van der Waals surface area (Å²) < 4.78 is 27.1. The van der Waals surface area contributed by atoms with Gasteiger partial charge < -0.3 is 16.0 Å². The van der Waals surface area contributed by atoms with Crippen LogP contribution in [0.4, 0.5) is 8.78 Å². The third-order valence-corrected chi connectivity index (χ3v) is 4.16. The van der Waals surface area contributed by atoms with Crippen LogP contribution in [0, 0.1) is 17.6 Å². The van der Waals surface area contributed by atoms with E-state index in [2.05, 4.69) is 10.3 Å². The fraction of sp³-hybridized carbons (Fsp3) is 0.357. The molecule has 112 valence electrons. The van der Waals surface area contributed by atoms with E-state index in [-0.39, 0.29) is 40.1 Å². The van der Waals surface area contributed by atoms with Gasteiger partial charge in [-0.3, -0.25) is 4.79 Å².